The van der Waals surface area contributed by atoms with Crippen LogP contribution in [0.1, 0.15) is 23.2 Å². The van der Waals surface area contributed by atoms with Crippen LogP contribution in [0.2, 0.25) is 0 Å². The van der Waals surface area contributed by atoms with Gasteiger partial charge in [0.2, 0.25) is 5.75 Å². The number of nitrogens with two attached hydrogens (primary N) is 1. The van der Waals surface area contributed by atoms with Gasteiger partial charge in [-0.15, -0.1) is 0 Å². The molecule has 2 rings (SSSR count). The SMILES string of the molecule is COc1c(C(=O)CCN)ccc2c1OCCCO2. The monoisotopic (exact) mass is 251 g/mol. The van der Waals surface area contributed by atoms with E-state index in [4.69, 9.17) is 19.9 Å². The van der Waals surface area contributed by atoms with Crippen LogP contribution in [0.25, 0.3) is 0 Å². The lowest BCUT2D eigenvalue weighted by atomic mass is 10.1. The molecule has 0 saturated heterocycles. The van der Waals surface area contributed by atoms with Crippen LogP contribution in [0.3, 0.4) is 0 Å². The third-order valence-electron chi connectivity index (χ3n) is 2.74. The molecule has 98 valence electrons. The summed E-state index contributed by atoms with van der Waals surface area (Å²) in [7, 11) is 1.52. The fourth-order valence-corrected chi connectivity index (χ4v) is 1.90. The van der Waals surface area contributed by atoms with E-state index in [0.29, 0.717) is 42.6 Å². The number of benzene rings is 1. The van der Waals surface area contributed by atoms with Gasteiger partial charge in [0.05, 0.1) is 25.9 Å². The molecule has 0 spiro atoms. The largest absolute Gasteiger partial charge is 0.492 e. The molecule has 0 saturated carbocycles. The Hall–Kier alpha value is -1.75. The Morgan fingerprint density at radius 3 is 2.89 bits per heavy atom. The van der Waals surface area contributed by atoms with Gasteiger partial charge < -0.3 is 19.9 Å². The van der Waals surface area contributed by atoms with Crippen molar-refractivity contribution >= 4 is 5.78 Å². The molecule has 0 fully saturated rings. The first-order chi connectivity index (χ1) is 8.77. The maximum Gasteiger partial charge on any atom is 0.204 e. The van der Waals surface area contributed by atoms with Crippen LogP contribution in [0.4, 0.5) is 0 Å². The molecule has 5 heteroatoms. The summed E-state index contributed by atoms with van der Waals surface area (Å²) in [5, 5.41) is 0. The van der Waals surface area contributed by atoms with Gasteiger partial charge in [0.1, 0.15) is 0 Å². The summed E-state index contributed by atoms with van der Waals surface area (Å²) < 4.78 is 16.5. The third kappa shape index (κ3) is 2.41. The molecule has 0 amide bonds. The minimum Gasteiger partial charge on any atom is -0.492 e. The lowest BCUT2D eigenvalue weighted by Crippen LogP contribution is -2.10. The van der Waals surface area contributed by atoms with E-state index in [-0.39, 0.29) is 12.2 Å². The molecule has 1 aliphatic heterocycles. The Morgan fingerprint density at radius 2 is 2.17 bits per heavy atom. The number of rotatable bonds is 4. The number of hydrogen-bond donors (Lipinski definition) is 1. The molecule has 2 N–H and O–H groups in total. The van der Waals surface area contributed by atoms with Gasteiger partial charge in [-0.3, -0.25) is 4.79 Å². The Kier molecular flexibility index (Phi) is 4.04. The second-order valence-electron chi connectivity index (χ2n) is 3.99. The molecule has 0 unspecified atom stereocenters. The number of carbonyl (C=O) groups excluding carboxylic acids is 1. The predicted octanol–water partition coefficient (Wildman–Crippen LogP) is 1.39. The first-order valence-corrected chi connectivity index (χ1v) is 5.97. The van der Waals surface area contributed by atoms with Crippen LogP contribution >= 0.6 is 0 Å². The summed E-state index contributed by atoms with van der Waals surface area (Å²) in [6.07, 6.45) is 1.10. The summed E-state index contributed by atoms with van der Waals surface area (Å²) >= 11 is 0. The van der Waals surface area contributed by atoms with E-state index in [9.17, 15) is 4.79 Å². The molecule has 0 aliphatic carbocycles. The number of carbonyl (C=O) groups is 1. The zero-order valence-electron chi connectivity index (χ0n) is 10.4. The van der Waals surface area contributed by atoms with E-state index in [2.05, 4.69) is 0 Å². The zero-order chi connectivity index (χ0) is 13.0. The van der Waals surface area contributed by atoms with Crippen molar-refractivity contribution in [2.45, 2.75) is 12.8 Å². The number of hydrogen-bond acceptors (Lipinski definition) is 5. The molecular weight excluding hydrogens is 234 g/mol. The van der Waals surface area contributed by atoms with Crippen LogP contribution < -0.4 is 19.9 Å². The van der Waals surface area contributed by atoms with Gasteiger partial charge in [0.25, 0.3) is 0 Å². The molecule has 1 aromatic rings. The van der Waals surface area contributed by atoms with Crippen molar-refractivity contribution in [2.75, 3.05) is 26.9 Å². The first-order valence-electron chi connectivity index (χ1n) is 5.97. The molecule has 1 aromatic carbocycles. The highest BCUT2D eigenvalue weighted by Crippen LogP contribution is 2.41. The van der Waals surface area contributed by atoms with Crippen molar-refractivity contribution in [3.63, 3.8) is 0 Å². The normalized spacial score (nSPS) is 13.9. The lowest BCUT2D eigenvalue weighted by Gasteiger charge is -2.14. The van der Waals surface area contributed by atoms with E-state index in [1.165, 1.54) is 7.11 Å². The smallest absolute Gasteiger partial charge is 0.204 e. The quantitative estimate of drug-likeness (QED) is 0.819. The lowest BCUT2D eigenvalue weighted by molar-refractivity contribution is 0.0981. The zero-order valence-corrected chi connectivity index (χ0v) is 10.4. The molecule has 0 atom stereocenters. The maximum absolute atomic E-state index is 11.9. The highest BCUT2D eigenvalue weighted by atomic mass is 16.5. The molecule has 18 heavy (non-hydrogen) atoms. The van der Waals surface area contributed by atoms with Crippen LogP contribution in [-0.4, -0.2) is 32.7 Å². The van der Waals surface area contributed by atoms with Crippen molar-refractivity contribution < 1.29 is 19.0 Å². The number of methoxy groups -OCH3 is 1. The molecule has 0 bridgehead atoms. The Balaban J connectivity index is 2.43. The van der Waals surface area contributed by atoms with E-state index in [0.717, 1.165) is 6.42 Å². The summed E-state index contributed by atoms with van der Waals surface area (Å²) in [6.45, 7) is 1.47. The summed E-state index contributed by atoms with van der Waals surface area (Å²) in [4.78, 5) is 11.9. The summed E-state index contributed by atoms with van der Waals surface area (Å²) in [6, 6.07) is 3.44. The molecular formula is C13H17NO4. The Labute approximate surface area is 106 Å². The van der Waals surface area contributed by atoms with Crippen molar-refractivity contribution in [1.82, 2.24) is 0 Å². The fourth-order valence-electron chi connectivity index (χ4n) is 1.90. The Bertz CT molecular complexity index is 445. The average Bonchev–Trinajstić information content (AvgIpc) is 2.62. The highest BCUT2D eigenvalue weighted by molar-refractivity contribution is 6.00. The number of ether oxygens (including phenoxy) is 3. The fraction of sp³-hybridized carbons (Fsp3) is 0.462. The summed E-state index contributed by atoms with van der Waals surface area (Å²) in [5.74, 6) is 1.52. The van der Waals surface area contributed by atoms with E-state index >= 15 is 0 Å². The molecule has 1 aliphatic rings. The molecule has 0 aromatic heterocycles. The van der Waals surface area contributed by atoms with Crippen molar-refractivity contribution in [1.29, 1.82) is 0 Å². The van der Waals surface area contributed by atoms with Crippen molar-refractivity contribution in [3.05, 3.63) is 17.7 Å². The van der Waals surface area contributed by atoms with Gasteiger partial charge in [0, 0.05) is 12.8 Å². The van der Waals surface area contributed by atoms with Gasteiger partial charge >= 0.3 is 0 Å². The number of Topliss-reactive ketones (excluding diaryl/α,β-unsaturated/α-hetero) is 1. The second-order valence-corrected chi connectivity index (χ2v) is 3.99. The predicted molar refractivity (Wildman–Crippen MR) is 66.6 cm³/mol. The first kappa shape index (κ1) is 12.7. The maximum atomic E-state index is 11.9. The van der Waals surface area contributed by atoms with Gasteiger partial charge in [0.15, 0.2) is 17.3 Å². The number of ketones is 1. The van der Waals surface area contributed by atoms with Crippen LogP contribution in [-0.2, 0) is 0 Å². The van der Waals surface area contributed by atoms with Gasteiger partial charge in [-0.1, -0.05) is 0 Å². The van der Waals surface area contributed by atoms with Gasteiger partial charge in [-0.25, -0.2) is 0 Å². The van der Waals surface area contributed by atoms with Crippen LogP contribution in [0.15, 0.2) is 12.1 Å². The molecule has 1 heterocycles. The third-order valence-corrected chi connectivity index (χ3v) is 2.74. The second kappa shape index (κ2) is 5.73. The summed E-state index contributed by atoms with van der Waals surface area (Å²) in [5.41, 5.74) is 5.90. The standard InChI is InChI=1S/C13H17NO4/c1-16-12-9(10(15)5-6-14)3-4-11-13(12)18-8-2-7-17-11/h3-4H,2,5-8,14H2,1H3. The number of fused-ring (bicyclic) bond motifs is 1. The van der Waals surface area contributed by atoms with Crippen LogP contribution in [0.5, 0.6) is 17.2 Å². The minimum absolute atomic E-state index is 0.0509. The van der Waals surface area contributed by atoms with Crippen molar-refractivity contribution in [3.8, 4) is 17.2 Å². The van der Waals surface area contributed by atoms with E-state index in [1.54, 1.807) is 12.1 Å². The van der Waals surface area contributed by atoms with Crippen molar-refractivity contribution in [2.24, 2.45) is 5.73 Å². The van der Waals surface area contributed by atoms with E-state index in [1.807, 2.05) is 0 Å². The molecule has 5 nitrogen and oxygen atoms in total. The van der Waals surface area contributed by atoms with Gasteiger partial charge in [-0.05, 0) is 18.7 Å². The highest BCUT2D eigenvalue weighted by Gasteiger charge is 2.22. The van der Waals surface area contributed by atoms with Gasteiger partial charge in [-0.2, -0.15) is 0 Å². The van der Waals surface area contributed by atoms with E-state index < -0.39 is 0 Å². The topological polar surface area (TPSA) is 70.8 Å². The molecule has 0 radical (unpaired) electrons. The Morgan fingerprint density at radius 1 is 1.39 bits per heavy atom. The average molecular weight is 251 g/mol. The minimum atomic E-state index is -0.0509. The van der Waals surface area contributed by atoms with Crippen LogP contribution in [0, 0.1) is 0 Å².